The second-order valence-corrected chi connectivity index (χ2v) is 10.2. The summed E-state index contributed by atoms with van der Waals surface area (Å²) in [5.41, 5.74) is 6.84. The summed E-state index contributed by atoms with van der Waals surface area (Å²) >= 11 is 0. The SMILES string of the molecule is COc1cc(C2c3c(-c4c(C)cc(C)cc4O)n[nH]c3C(=O)N2Cc2cccnc2)ccc1OCc1ccccc1. The number of H-pyrrole nitrogens is 1. The second-order valence-electron chi connectivity index (χ2n) is 10.2. The fourth-order valence-corrected chi connectivity index (χ4v) is 5.55. The fraction of sp³-hybridized carbons (Fsp3) is 0.182. The van der Waals surface area contributed by atoms with E-state index in [4.69, 9.17) is 9.47 Å². The van der Waals surface area contributed by atoms with Crippen LogP contribution in [0.15, 0.2) is 85.2 Å². The number of ether oxygens (including phenoxy) is 2. The lowest BCUT2D eigenvalue weighted by molar-refractivity contribution is 0.0729. The molecule has 5 aromatic rings. The maximum Gasteiger partial charge on any atom is 0.273 e. The van der Waals surface area contributed by atoms with Crippen LogP contribution in [0, 0.1) is 13.8 Å². The zero-order chi connectivity index (χ0) is 28.5. The topological polar surface area (TPSA) is 101 Å². The molecule has 2 N–H and O–H groups in total. The molecule has 1 amide bonds. The first kappa shape index (κ1) is 26.1. The van der Waals surface area contributed by atoms with Crippen molar-refractivity contribution >= 4 is 5.91 Å². The minimum atomic E-state index is -0.497. The number of amides is 1. The molecule has 0 bridgehead atoms. The van der Waals surface area contributed by atoms with Crippen molar-refractivity contribution in [2.45, 2.75) is 33.0 Å². The number of aromatic amines is 1. The van der Waals surface area contributed by atoms with E-state index in [-0.39, 0.29) is 11.7 Å². The Labute approximate surface area is 238 Å². The molecule has 0 saturated carbocycles. The number of aromatic nitrogens is 3. The lowest BCUT2D eigenvalue weighted by Crippen LogP contribution is -2.29. The standard InChI is InChI=1S/C33H30N4O4/c1-20-14-21(2)28(25(38)15-20)30-29-31(36-35-30)33(39)37(18-23-10-7-13-34-17-23)32(29)24-11-12-26(27(16-24)40-3)41-19-22-8-5-4-6-9-22/h4-17,32,38H,18-19H2,1-3H3,(H,35,36). The Hall–Kier alpha value is -5.11. The summed E-state index contributed by atoms with van der Waals surface area (Å²) < 4.78 is 11.8. The Morgan fingerprint density at radius 1 is 0.976 bits per heavy atom. The number of phenols is 1. The molecule has 1 unspecified atom stereocenters. The van der Waals surface area contributed by atoms with Gasteiger partial charge in [-0.1, -0.05) is 48.5 Å². The van der Waals surface area contributed by atoms with Gasteiger partial charge < -0.3 is 19.5 Å². The Kier molecular flexibility index (Phi) is 6.89. The highest BCUT2D eigenvalue weighted by molar-refractivity contribution is 6.00. The third kappa shape index (κ3) is 4.89. The maximum atomic E-state index is 13.9. The summed E-state index contributed by atoms with van der Waals surface area (Å²) in [5, 5.41) is 18.5. The highest BCUT2D eigenvalue weighted by Crippen LogP contribution is 2.47. The molecule has 2 aromatic heterocycles. The van der Waals surface area contributed by atoms with Gasteiger partial charge in [-0.3, -0.25) is 14.9 Å². The van der Waals surface area contributed by atoms with Crippen LogP contribution in [-0.2, 0) is 13.2 Å². The summed E-state index contributed by atoms with van der Waals surface area (Å²) in [6.45, 7) is 4.60. The molecule has 3 heterocycles. The number of aromatic hydroxyl groups is 1. The predicted octanol–water partition coefficient (Wildman–Crippen LogP) is 6.13. The number of aryl methyl sites for hydroxylation is 2. The number of fused-ring (bicyclic) bond motifs is 1. The molecule has 0 aliphatic carbocycles. The first-order valence-corrected chi connectivity index (χ1v) is 13.4. The molecule has 3 aromatic carbocycles. The molecule has 1 atom stereocenters. The van der Waals surface area contributed by atoms with Gasteiger partial charge in [0.05, 0.1) is 13.2 Å². The van der Waals surface area contributed by atoms with Crippen molar-refractivity contribution in [3.05, 3.63) is 124 Å². The summed E-state index contributed by atoms with van der Waals surface area (Å²) in [6, 6.07) is 22.7. The number of pyridine rings is 1. The van der Waals surface area contributed by atoms with E-state index in [0.29, 0.717) is 47.2 Å². The molecule has 6 rings (SSSR count). The van der Waals surface area contributed by atoms with Crippen molar-refractivity contribution in [1.82, 2.24) is 20.1 Å². The smallest absolute Gasteiger partial charge is 0.273 e. The number of phenolic OH excluding ortho intramolecular Hbond substituents is 1. The zero-order valence-electron chi connectivity index (χ0n) is 23.1. The van der Waals surface area contributed by atoms with Crippen LogP contribution in [0.4, 0.5) is 0 Å². The summed E-state index contributed by atoms with van der Waals surface area (Å²) in [5.74, 6) is 1.10. The number of carbonyl (C=O) groups excluding carboxylic acids is 1. The third-order valence-corrected chi connectivity index (χ3v) is 7.38. The first-order valence-electron chi connectivity index (χ1n) is 13.4. The average Bonchev–Trinajstić information content (AvgIpc) is 3.51. The zero-order valence-corrected chi connectivity index (χ0v) is 23.1. The number of methoxy groups -OCH3 is 1. The first-order chi connectivity index (χ1) is 19.9. The van der Waals surface area contributed by atoms with Crippen LogP contribution >= 0.6 is 0 Å². The maximum absolute atomic E-state index is 13.9. The minimum absolute atomic E-state index is 0.121. The molecule has 206 valence electrons. The van der Waals surface area contributed by atoms with Crippen molar-refractivity contribution in [3.8, 4) is 28.5 Å². The summed E-state index contributed by atoms with van der Waals surface area (Å²) in [6.07, 6.45) is 3.46. The monoisotopic (exact) mass is 546 g/mol. The molecule has 8 heteroatoms. The van der Waals surface area contributed by atoms with Gasteiger partial charge in [0.2, 0.25) is 0 Å². The number of hydrogen-bond donors (Lipinski definition) is 2. The van der Waals surface area contributed by atoms with Crippen LogP contribution in [0.1, 0.15) is 49.9 Å². The largest absolute Gasteiger partial charge is 0.507 e. The minimum Gasteiger partial charge on any atom is -0.507 e. The fourth-order valence-electron chi connectivity index (χ4n) is 5.55. The van der Waals surface area contributed by atoms with E-state index in [1.807, 2.05) is 80.6 Å². The number of hydrogen-bond acceptors (Lipinski definition) is 6. The molecule has 1 aliphatic rings. The van der Waals surface area contributed by atoms with Gasteiger partial charge >= 0.3 is 0 Å². The molecule has 0 saturated heterocycles. The number of benzene rings is 3. The van der Waals surface area contributed by atoms with E-state index < -0.39 is 6.04 Å². The molecule has 0 fully saturated rings. The predicted molar refractivity (Wildman–Crippen MR) is 155 cm³/mol. The van der Waals surface area contributed by atoms with E-state index in [0.717, 1.165) is 27.8 Å². The van der Waals surface area contributed by atoms with Crippen LogP contribution < -0.4 is 9.47 Å². The third-order valence-electron chi connectivity index (χ3n) is 7.38. The van der Waals surface area contributed by atoms with E-state index in [1.54, 1.807) is 30.5 Å². The summed E-state index contributed by atoms with van der Waals surface area (Å²) in [4.78, 5) is 19.9. The van der Waals surface area contributed by atoms with E-state index in [2.05, 4.69) is 15.2 Å². The molecule has 8 nitrogen and oxygen atoms in total. The normalized spacial score (nSPS) is 14.3. The molecule has 0 radical (unpaired) electrons. The van der Waals surface area contributed by atoms with Crippen LogP contribution in [0.5, 0.6) is 17.2 Å². The average molecular weight is 547 g/mol. The Morgan fingerprint density at radius 3 is 2.51 bits per heavy atom. The Morgan fingerprint density at radius 2 is 1.78 bits per heavy atom. The van der Waals surface area contributed by atoms with Gasteiger partial charge in [0.25, 0.3) is 5.91 Å². The Bertz CT molecular complexity index is 1690. The van der Waals surface area contributed by atoms with E-state index in [1.165, 1.54) is 0 Å². The molecule has 0 spiro atoms. The van der Waals surface area contributed by atoms with Crippen molar-refractivity contribution in [1.29, 1.82) is 0 Å². The highest BCUT2D eigenvalue weighted by Gasteiger charge is 2.43. The molecular weight excluding hydrogens is 516 g/mol. The molecule has 1 aliphatic heterocycles. The van der Waals surface area contributed by atoms with Gasteiger partial charge in [0.15, 0.2) is 11.5 Å². The number of rotatable bonds is 8. The lowest BCUT2D eigenvalue weighted by Gasteiger charge is -2.27. The second kappa shape index (κ2) is 10.8. The molecule has 41 heavy (non-hydrogen) atoms. The number of nitrogens with one attached hydrogen (secondary N) is 1. The van der Waals surface area contributed by atoms with E-state index >= 15 is 0 Å². The van der Waals surface area contributed by atoms with Gasteiger partial charge in [0.1, 0.15) is 23.7 Å². The van der Waals surface area contributed by atoms with Crippen molar-refractivity contribution in [2.75, 3.05) is 7.11 Å². The van der Waals surface area contributed by atoms with Crippen LogP contribution in [0.2, 0.25) is 0 Å². The van der Waals surface area contributed by atoms with Gasteiger partial charge in [-0.25, -0.2) is 0 Å². The van der Waals surface area contributed by atoms with Gasteiger partial charge in [0, 0.05) is 30.1 Å². The van der Waals surface area contributed by atoms with E-state index in [9.17, 15) is 9.90 Å². The quantitative estimate of drug-likeness (QED) is 0.243. The van der Waals surface area contributed by atoms with Gasteiger partial charge in [-0.15, -0.1) is 0 Å². The van der Waals surface area contributed by atoms with Crippen molar-refractivity contribution < 1.29 is 19.4 Å². The lowest BCUT2D eigenvalue weighted by atomic mass is 9.93. The Balaban J connectivity index is 1.45. The van der Waals surface area contributed by atoms with Gasteiger partial charge in [-0.2, -0.15) is 5.10 Å². The van der Waals surface area contributed by atoms with Crippen molar-refractivity contribution in [3.63, 3.8) is 0 Å². The van der Waals surface area contributed by atoms with Gasteiger partial charge in [-0.05, 0) is 65.9 Å². The van der Waals surface area contributed by atoms with Crippen LogP contribution in [0.25, 0.3) is 11.3 Å². The highest BCUT2D eigenvalue weighted by atomic mass is 16.5. The molecular formula is C33H30N4O4. The number of carbonyl (C=O) groups is 1. The van der Waals surface area contributed by atoms with Crippen LogP contribution in [-0.4, -0.2) is 38.2 Å². The summed E-state index contributed by atoms with van der Waals surface area (Å²) in [7, 11) is 1.60. The van der Waals surface area contributed by atoms with Crippen LogP contribution in [0.3, 0.4) is 0 Å². The van der Waals surface area contributed by atoms with Crippen molar-refractivity contribution in [2.24, 2.45) is 0 Å². The number of nitrogens with zero attached hydrogens (tertiary/aromatic N) is 3.